The van der Waals surface area contributed by atoms with Crippen LogP contribution in [0.3, 0.4) is 0 Å². The van der Waals surface area contributed by atoms with Crippen LogP contribution in [0.1, 0.15) is 29.0 Å². The number of aryl methyl sites for hydroxylation is 1. The summed E-state index contributed by atoms with van der Waals surface area (Å²) < 4.78 is 7.44. The lowest BCUT2D eigenvalue weighted by atomic mass is 10.1. The molecule has 0 amide bonds. The van der Waals surface area contributed by atoms with E-state index in [0.29, 0.717) is 24.2 Å². The number of rotatable bonds is 8. The molecule has 9 heteroatoms. The second kappa shape index (κ2) is 9.38. The SMILES string of the molecule is Cc1cnc2ccc(-c3nc(C(=O)CCCN(C)c4ccccc4)c(N)nc3-c3ncco3)cn12. The second-order valence-electron chi connectivity index (χ2n) is 8.32. The van der Waals surface area contributed by atoms with Gasteiger partial charge in [0.15, 0.2) is 17.3 Å². The molecule has 4 aromatic heterocycles. The summed E-state index contributed by atoms with van der Waals surface area (Å²) >= 11 is 0. The van der Waals surface area contributed by atoms with Crippen LogP contribution in [0.4, 0.5) is 11.5 Å². The molecular formula is C26H25N7O2. The van der Waals surface area contributed by atoms with Crippen molar-refractivity contribution >= 4 is 22.9 Å². The first-order chi connectivity index (χ1) is 17.0. The summed E-state index contributed by atoms with van der Waals surface area (Å²) in [5.74, 6) is 0.185. The maximum Gasteiger partial charge on any atom is 0.247 e. The Labute approximate surface area is 202 Å². The van der Waals surface area contributed by atoms with E-state index in [1.165, 1.54) is 12.5 Å². The molecule has 2 N–H and O–H groups in total. The van der Waals surface area contributed by atoms with E-state index in [2.05, 4.69) is 19.9 Å². The van der Waals surface area contributed by atoms with Crippen LogP contribution in [0.25, 0.3) is 28.5 Å². The van der Waals surface area contributed by atoms with Crippen molar-refractivity contribution in [3.63, 3.8) is 0 Å². The van der Waals surface area contributed by atoms with Gasteiger partial charge in [0.05, 0.1) is 6.20 Å². The number of nitrogens with two attached hydrogens (primary N) is 1. The van der Waals surface area contributed by atoms with E-state index in [1.807, 2.05) is 67.0 Å². The van der Waals surface area contributed by atoms with Crippen LogP contribution >= 0.6 is 0 Å². The largest absolute Gasteiger partial charge is 0.443 e. The smallest absolute Gasteiger partial charge is 0.247 e. The molecule has 5 aromatic rings. The molecule has 0 aliphatic heterocycles. The van der Waals surface area contributed by atoms with Gasteiger partial charge in [-0.15, -0.1) is 0 Å². The Hall–Kier alpha value is -4.53. The Bertz CT molecular complexity index is 1480. The molecule has 5 rings (SSSR count). The van der Waals surface area contributed by atoms with Crippen LogP contribution in [0, 0.1) is 6.92 Å². The van der Waals surface area contributed by atoms with Crippen LogP contribution in [0.2, 0.25) is 0 Å². The van der Waals surface area contributed by atoms with Crippen LogP contribution in [0.15, 0.2) is 71.7 Å². The van der Waals surface area contributed by atoms with Gasteiger partial charge in [-0.05, 0) is 37.6 Å². The predicted molar refractivity (Wildman–Crippen MR) is 134 cm³/mol. The van der Waals surface area contributed by atoms with Gasteiger partial charge >= 0.3 is 0 Å². The number of carbonyl (C=O) groups excluding carboxylic acids is 1. The summed E-state index contributed by atoms with van der Waals surface area (Å²) in [6.07, 6.45) is 7.65. The summed E-state index contributed by atoms with van der Waals surface area (Å²) in [7, 11) is 2.01. The number of fused-ring (bicyclic) bond motifs is 1. The van der Waals surface area contributed by atoms with Crippen molar-refractivity contribution < 1.29 is 9.21 Å². The maximum atomic E-state index is 13.1. The van der Waals surface area contributed by atoms with Crippen molar-refractivity contribution in [2.75, 3.05) is 24.2 Å². The molecule has 176 valence electrons. The number of ketones is 1. The number of nitrogens with zero attached hydrogens (tertiary/aromatic N) is 6. The number of pyridine rings is 1. The highest BCUT2D eigenvalue weighted by Crippen LogP contribution is 2.31. The molecule has 0 aliphatic carbocycles. The minimum atomic E-state index is -0.156. The van der Waals surface area contributed by atoms with Gasteiger partial charge in [0.1, 0.15) is 23.3 Å². The topological polar surface area (TPSA) is 115 Å². The van der Waals surface area contributed by atoms with Crippen molar-refractivity contribution in [1.82, 2.24) is 24.3 Å². The van der Waals surface area contributed by atoms with Crippen molar-refractivity contribution in [3.05, 3.63) is 78.7 Å². The molecule has 1 aromatic carbocycles. The number of anilines is 2. The Morgan fingerprint density at radius 3 is 2.69 bits per heavy atom. The van der Waals surface area contributed by atoms with Crippen molar-refractivity contribution in [3.8, 4) is 22.8 Å². The van der Waals surface area contributed by atoms with Crippen LogP contribution in [0.5, 0.6) is 0 Å². The average molecular weight is 468 g/mol. The van der Waals surface area contributed by atoms with Crippen molar-refractivity contribution in [2.24, 2.45) is 0 Å². The van der Waals surface area contributed by atoms with Crippen molar-refractivity contribution in [1.29, 1.82) is 0 Å². The zero-order chi connectivity index (χ0) is 24.4. The Morgan fingerprint density at radius 2 is 1.91 bits per heavy atom. The summed E-state index contributed by atoms with van der Waals surface area (Å²) in [5, 5.41) is 0. The number of oxazole rings is 1. The van der Waals surface area contributed by atoms with Gasteiger partial charge in [-0.1, -0.05) is 18.2 Å². The molecule has 0 atom stereocenters. The maximum absolute atomic E-state index is 13.1. The van der Waals surface area contributed by atoms with Gasteiger partial charge in [-0.25, -0.2) is 19.9 Å². The molecule has 0 unspecified atom stereocenters. The average Bonchev–Trinajstić information content (AvgIpc) is 3.54. The monoisotopic (exact) mass is 467 g/mol. The first-order valence-electron chi connectivity index (χ1n) is 11.3. The van der Waals surface area contributed by atoms with E-state index in [4.69, 9.17) is 15.1 Å². The fraction of sp³-hybridized carbons (Fsp3) is 0.192. The molecule has 0 bridgehead atoms. The molecule has 35 heavy (non-hydrogen) atoms. The van der Waals surface area contributed by atoms with Crippen LogP contribution in [-0.4, -0.2) is 43.7 Å². The highest BCUT2D eigenvalue weighted by molar-refractivity contribution is 5.99. The zero-order valence-electron chi connectivity index (χ0n) is 19.5. The van der Waals surface area contributed by atoms with Crippen molar-refractivity contribution in [2.45, 2.75) is 19.8 Å². The number of benzene rings is 1. The minimum absolute atomic E-state index is 0.0586. The Kier molecular flexibility index (Phi) is 5.97. The van der Waals surface area contributed by atoms with Gasteiger partial charge in [0.2, 0.25) is 5.89 Å². The minimum Gasteiger partial charge on any atom is -0.443 e. The van der Waals surface area contributed by atoms with E-state index in [1.54, 1.807) is 6.20 Å². The molecule has 0 aliphatic rings. The van der Waals surface area contributed by atoms with Crippen LogP contribution in [-0.2, 0) is 0 Å². The first kappa shape index (κ1) is 22.3. The van der Waals surface area contributed by atoms with Gasteiger partial charge in [-0.2, -0.15) is 0 Å². The fourth-order valence-electron chi connectivity index (χ4n) is 3.99. The molecular weight excluding hydrogens is 442 g/mol. The number of hydrogen-bond donors (Lipinski definition) is 1. The summed E-state index contributed by atoms with van der Waals surface area (Å²) in [6.45, 7) is 2.69. The van der Waals surface area contributed by atoms with E-state index < -0.39 is 0 Å². The van der Waals surface area contributed by atoms with Gasteiger partial charge < -0.3 is 19.5 Å². The van der Waals surface area contributed by atoms with E-state index >= 15 is 0 Å². The van der Waals surface area contributed by atoms with Gasteiger partial charge in [0.25, 0.3) is 0 Å². The molecule has 4 heterocycles. The van der Waals surface area contributed by atoms with Gasteiger partial charge in [-0.3, -0.25) is 4.79 Å². The van der Waals surface area contributed by atoms with Crippen LogP contribution < -0.4 is 10.6 Å². The lowest BCUT2D eigenvalue weighted by molar-refractivity contribution is 0.0976. The number of imidazole rings is 1. The summed E-state index contributed by atoms with van der Waals surface area (Å²) in [5.41, 5.74) is 10.8. The zero-order valence-corrected chi connectivity index (χ0v) is 19.5. The third-order valence-electron chi connectivity index (χ3n) is 5.88. The molecule has 0 fully saturated rings. The standard InChI is InChI=1S/C26H25N7O2/c1-17-15-29-21-11-10-18(16-33(17)21)22-24(26-28-12-14-35-26)31-25(27)23(30-22)20(34)9-6-13-32(2)19-7-4-3-5-8-19/h3-5,7-8,10-12,14-16H,6,9,13H2,1-2H3,(H2,27,31). The van der Waals surface area contributed by atoms with E-state index in [9.17, 15) is 4.79 Å². The molecule has 0 spiro atoms. The summed E-state index contributed by atoms with van der Waals surface area (Å²) in [4.78, 5) is 33.0. The Balaban J connectivity index is 1.45. The number of Topliss-reactive ketones (excluding diaryl/α,β-unsaturated/α-hetero) is 1. The second-order valence-corrected chi connectivity index (χ2v) is 8.32. The molecule has 0 saturated carbocycles. The molecule has 0 saturated heterocycles. The highest BCUT2D eigenvalue weighted by atomic mass is 16.3. The quantitative estimate of drug-likeness (QED) is 0.333. The number of nitrogen functional groups attached to an aromatic ring is 1. The number of aromatic nitrogens is 5. The highest BCUT2D eigenvalue weighted by Gasteiger charge is 2.22. The molecule has 9 nitrogen and oxygen atoms in total. The lowest BCUT2D eigenvalue weighted by Gasteiger charge is -2.18. The third-order valence-corrected chi connectivity index (χ3v) is 5.88. The molecule has 0 radical (unpaired) electrons. The lowest BCUT2D eigenvalue weighted by Crippen LogP contribution is -2.19. The first-order valence-corrected chi connectivity index (χ1v) is 11.3. The fourth-order valence-corrected chi connectivity index (χ4v) is 3.99. The third kappa shape index (κ3) is 4.48. The number of para-hydroxylation sites is 1. The van der Waals surface area contributed by atoms with Gasteiger partial charge in [0, 0.05) is 49.4 Å². The Morgan fingerprint density at radius 1 is 1.09 bits per heavy atom. The normalized spacial score (nSPS) is 11.1. The number of carbonyl (C=O) groups is 1. The summed E-state index contributed by atoms with van der Waals surface area (Å²) in [6, 6.07) is 13.8. The van der Waals surface area contributed by atoms with E-state index in [-0.39, 0.29) is 23.2 Å². The predicted octanol–water partition coefficient (Wildman–Crippen LogP) is 4.44. The van der Waals surface area contributed by atoms with E-state index in [0.717, 1.165) is 29.1 Å². The number of hydrogen-bond acceptors (Lipinski definition) is 8.